The van der Waals surface area contributed by atoms with Crippen LogP contribution in [0.2, 0.25) is 0 Å². The third-order valence-corrected chi connectivity index (χ3v) is 7.61. The van der Waals surface area contributed by atoms with Crippen molar-refractivity contribution in [1.82, 2.24) is 24.1 Å². The molecule has 0 spiro atoms. The highest BCUT2D eigenvalue weighted by Crippen LogP contribution is 2.38. The Labute approximate surface area is 235 Å². The highest BCUT2D eigenvalue weighted by atomic mass is 19.4. The minimum Gasteiger partial charge on any atom is -0.443 e. The Hall–Kier alpha value is -3.80. The van der Waals surface area contributed by atoms with Crippen LogP contribution in [0.5, 0.6) is 0 Å². The molecule has 2 bridgehead atoms. The summed E-state index contributed by atoms with van der Waals surface area (Å²) in [6.45, 7) is 5.06. The molecule has 1 aromatic carbocycles. The van der Waals surface area contributed by atoms with Crippen LogP contribution in [0.25, 0.3) is 28.2 Å². The quantitative estimate of drug-likeness (QED) is 0.439. The van der Waals surface area contributed by atoms with Crippen LogP contribution >= 0.6 is 0 Å². The molecule has 0 saturated carbocycles. The van der Waals surface area contributed by atoms with Crippen molar-refractivity contribution in [3.05, 3.63) is 47.4 Å². The predicted molar refractivity (Wildman–Crippen MR) is 145 cm³/mol. The van der Waals surface area contributed by atoms with Gasteiger partial charge in [-0.25, -0.2) is 4.79 Å². The first-order valence-corrected chi connectivity index (χ1v) is 13.7. The Bertz CT molecular complexity index is 1550. The van der Waals surface area contributed by atoms with E-state index < -0.39 is 24.4 Å². The van der Waals surface area contributed by atoms with E-state index in [0.29, 0.717) is 46.5 Å². The van der Waals surface area contributed by atoms with Crippen LogP contribution in [0.4, 0.5) is 18.0 Å². The van der Waals surface area contributed by atoms with Crippen molar-refractivity contribution in [3.8, 4) is 11.3 Å². The maximum atomic E-state index is 13.7. The fraction of sp³-hybridized carbons (Fsp3) is 0.483. The zero-order chi connectivity index (χ0) is 29.3. The summed E-state index contributed by atoms with van der Waals surface area (Å²) in [5.74, 6) is -0.235. The lowest BCUT2D eigenvalue weighted by molar-refractivity contribution is -0.142. The van der Waals surface area contributed by atoms with Crippen LogP contribution in [-0.2, 0) is 27.4 Å². The number of ether oxygens (including phenoxy) is 2. The molecule has 5 heterocycles. The zero-order valence-electron chi connectivity index (χ0n) is 23.4. The standard InChI is InChI=1S/C29H32F3N5O4/c1-28(2,3)41-27(39)36-15-20(19-7-5-6-8-22(19)36)25-21-14-34(4)24(11-23(21)37(33-25)16-29(30,31)32)26(38)35-12-17-9-10-18(13-35)40-17/h5-8,11,15,17-18H,9-10,12-14,16H2,1-4H3. The molecule has 2 unspecified atom stereocenters. The number of aromatic nitrogens is 3. The summed E-state index contributed by atoms with van der Waals surface area (Å²) in [6.07, 6.45) is -0.293. The number of fused-ring (bicyclic) bond motifs is 4. The number of halogens is 3. The van der Waals surface area contributed by atoms with Gasteiger partial charge < -0.3 is 19.3 Å². The van der Waals surface area contributed by atoms with Gasteiger partial charge >= 0.3 is 12.3 Å². The maximum Gasteiger partial charge on any atom is 0.419 e. The number of carbonyl (C=O) groups is 2. The van der Waals surface area contributed by atoms with E-state index in [2.05, 4.69) is 5.10 Å². The van der Waals surface area contributed by atoms with E-state index in [1.165, 1.54) is 10.6 Å². The van der Waals surface area contributed by atoms with Gasteiger partial charge in [0, 0.05) is 49.4 Å². The molecule has 1 amide bonds. The van der Waals surface area contributed by atoms with Crippen LogP contribution in [0.15, 0.2) is 36.2 Å². The number of nitrogens with zero attached hydrogens (tertiary/aromatic N) is 5. The van der Waals surface area contributed by atoms with Gasteiger partial charge in [0.25, 0.3) is 5.91 Å². The number of hydrogen-bond acceptors (Lipinski definition) is 6. The van der Waals surface area contributed by atoms with E-state index in [9.17, 15) is 22.8 Å². The van der Waals surface area contributed by atoms with E-state index >= 15 is 0 Å². The van der Waals surface area contributed by atoms with E-state index in [-0.39, 0.29) is 30.4 Å². The second-order valence-electron chi connectivity index (χ2n) is 11.9. The number of amides is 1. The Kier molecular flexibility index (Phi) is 6.44. The van der Waals surface area contributed by atoms with Crippen LogP contribution in [0, 0.1) is 0 Å². The Balaban J connectivity index is 1.45. The second-order valence-corrected chi connectivity index (χ2v) is 11.9. The highest BCUT2D eigenvalue weighted by molar-refractivity contribution is 6.02. The fourth-order valence-corrected chi connectivity index (χ4v) is 5.90. The molecular weight excluding hydrogens is 539 g/mol. The van der Waals surface area contributed by atoms with Gasteiger partial charge in [0.15, 0.2) is 0 Å². The predicted octanol–water partition coefficient (Wildman–Crippen LogP) is 5.03. The minimum absolute atomic E-state index is 0.00703. The summed E-state index contributed by atoms with van der Waals surface area (Å²) in [7, 11) is 1.75. The molecule has 0 N–H and O–H groups in total. The van der Waals surface area contributed by atoms with Crippen molar-refractivity contribution in [1.29, 1.82) is 0 Å². The van der Waals surface area contributed by atoms with Crippen molar-refractivity contribution in [2.75, 3.05) is 20.1 Å². The number of para-hydroxylation sites is 1. The van der Waals surface area contributed by atoms with Gasteiger partial charge in [0.05, 0.1) is 23.4 Å². The number of rotatable bonds is 3. The fourth-order valence-electron chi connectivity index (χ4n) is 5.90. The first-order chi connectivity index (χ1) is 19.3. The number of hydrogen-bond donors (Lipinski definition) is 0. The monoisotopic (exact) mass is 571 g/mol. The molecular formula is C29H32F3N5O4. The Morgan fingerprint density at radius 1 is 1.10 bits per heavy atom. The van der Waals surface area contributed by atoms with Crippen molar-refractivity contribution in [2.45, 2.75) is 70.7 Å². The molecule has 12 heteroatoms. The average Bonchev–Trinajstić information content (AvgIpc) is 3.53. The minimum atomic E-state index is -4.54. The number of benzene rings is 1. The van der Waals surface area contributed by atoms with Crippen molar-refractivity contribution < 1.29 is 32.2 Å². The molecule has 2 aromatic heterocycles. The summed E-state index contributed by atoms with van der Waals surface area (Å²) in [6, 6.07) is 7.12. The summed E-state index contributed by atoms with van der Waals surface area (Å²) in [5, 5.41) is 5.08. The third kappa shape index (κ3) is 5.20. The van der Waals surface area contributed by atoms with E-state index in [1.54, 1.807) is 68.1 Å². The van der Waals surface area contributed by atoms with Crippen molar-refractivity contribution in [3.63, 3.8) is 0 Å². The van der Waals surface area contributed by atoms with Gasteiger partial charge in [0.2, 0.25) is 0 Å². The molecule has 3 aliphatic heterocycles. The molecule has 3 aromatic rings. The van der Waals surface area contributed by atoms with Gasteiger partial charge in [-0.3, -0.25) is 14.0 Å². The third-order valence-electron chi connectivity index (χ3n) is 7.61. The lowest BCUT2D eigenvalue weighted by Gasteiger charge is -2.35. The first-order valence-electron chi connectivity index (χ1n) is 13.7. The number of likely N-dealkylation sites (tertiary alicyclic amines) is 1. The Morgan fingerprint density at radius 3 is 2.44 bits per heavy atom. The number of likely N-dealkylation sites (N-methyl/N-ethyl adjacent to an activating group) is 1. The molecule has 2 saturated heterocycles. The molecule has 0 radical (unpaired) electrons. The molecule has 0 aliphatic carbocycles. The van der Waals surface area contributed by atoms with Crippen LogP contribution in [0.1, 0.15) is 44.9 Å². The Morgan fingerprint density at radius 2 is 1.78 bits per heavy atom. The van der Waals surface area contributed by atoms with E-state index in [0.717, 1.165) is 17.5 Å². The van der Waals surface area contributed by atoms with Gasteiger partial charge in [-0.15, -0.1) is 0 Å². The average molecular weight is 572 g/mol. The second kappa shape index (κ2) is 9.64. The van der Waals surface area contributed by atoms with Gasteiger partial charge in [-0.1, -0.05) is 18.2 Å². The normalized spacial score (nSPS) is 20.8. The van der Waals surface area contributed by atoms with Crippen LogP contribution in [-0.4, -0.2) is 80.3 Å². The van der Waals surface area contributed by atoms with Crippen molar-refractivity contribution in [2.24, 2.45) is 0 Å². The van der Waals surface area contributed by atoms with Gasteiger partial charge in [-0.2, -0.15) is 18.3 Å². The van der Waals surface area contributed by atoms with Crippen molar-refractivity contribution >= 4 is 29.0 Å². The number of morpholine rings is 1. The molecule has 2 atom stereocenters. The highest BCUT2D eigenvalue weighted by Gasteiger charge is 2.39. The first kappa shape index (κ1) is 27.4. The lowest BCUT2D eigenvalue weighted by Crippen LogP contribution is -2.48. The van der Waals surface area contributed by atoms with E-state index in [1.807, 2.05) is 0 Å². The largest absolute Gasteiger partial charge is 0.443 e. The maximum absolute atomic E-state index is 13.7. The number of alkyl halides is 3. The zero-order valence-corrected chi connectivity index (χ0v) is 23.4. The SMILES string of the molecule is CN1Cc2c(-c3cn(C(=O)OC(C)(C)C)c4ccccc34)nn(CC(F)(F)F)c2C=C1C(=O)N1CC2CCC(C1)O2. The summed E-state index contributed by atoms with van der Waals surface area (Å²) in [5.41, 5.74) is 1.71. The van der Waals surface area contributed by atoms with Crippen LogP contribution < -0.4 is 0 Å². The van der Waals surface area contributed by atoms with E-state index in [4.69, 9.17) is 9.47 Å². The summed E-state index contributed by atoms with van der Waals surface area (Å²) >= 11 is 0. The molecule has 6 rings (SSSR count). The lowest BCUT2D eigenvalue weighted by atomic mass is 10.0. The molecule has 218 valence electrons. The molecule has 9 nitrogen and oxygen atoms in total. The van der Waals surface area contributed by atoms with Gasteiger partial charge in [0.1, 0.15) is 23.5 Å². The topological polar surface area (TPSA) is 81.8 Å². The molecule has 2 fully saturated rings. The van der Waals surface area contributed by atoms with Crippen LogP contribution in [0.3, 0.4) is 0 Å². The number of carbonyl (C=O) groups excluding carboxylic acids is 2. The molecule has 41 heavy (non-hydrogen) atoms. The summed E-state index contributed by atoms with van der Waals surface area (Å²) < 4.78 is 54.8. The summed E-state index contributed by atoms with van der Waals surface area (Å²) in [4.78, 5) is 30.1. The van der Waals surface area contributed by atoms with Gasteiger partial charge in [-0.05, 0) is 45.8 Å². The smallest absolute Gasteiger partial charge is 0.419 e. The molecule has 3 aliphatic rings.